The Morgan fingerprint density at radius 3 is 2.48 bits per heavy atom. The number of amides is 1. The van der Waals surface area contributed by atoms with Gasteiger partial charge in [0.25, 0.3) is 5.91 Å². The van der Waals surface area contributed by atoms with E-state index in [4.69, 9.17) is 0 Å². The maximum atomic E-state index is 13.5. The van der Waals surface area contributed by atoms with Gasteiger partial charge in [0.1, 0.15) is 11.6 Å². The van der Waals surface area contributed by atoms with Crippen LogP contribution in [0.2, 0.25) is 0 Å². The largest absolute Gasteiger partial charge is 0.319 e. The van der Waals surface area contributed by atoms with Crippen LogP contribution in [-0.4, -0.2) is 26.1 Å². The van der Waals surface area contributed by atoms with Crippen molar-refractivity contribution in [3.63, 3.8) is 0 Å². The molecule has 0 aliphatic rings. The third-order valence-electron chi connectivity index (χ3n) is 3.20. The van der Waals surface area contributed by atoms with Gasteiger partial charge in [-0.15, -0.1) is 5.10 Å². The molecule has 0 saturated carbocycles. The quantitative estimate of drug-likeness (QED) is 0.805. The highest BCUT2D eigenvalue weighted by molar-refractivity contribution is 6.04. The fourth-order valence-corrected chi connectivity index (χ4v) is 2.03. The average Bonchev–Trinajstić information content (AvgIpc) is 2.96. The van der Waals surface area contributed by atoms with Crippen molar-refractivity contribution in [3.8, 4) is 11.4 Å². The van der Waals surface area contributed by atoms with Gasteiger partial charge in [-0.3, -0.25) is 4.79 Å². The standard InChI is InChI=1S/C15H11F2N5O/c1-22-14(19-20-21-22)9-2-4-10(5-3-9)15(23)18-13-7-6-11(16)8-12(13)17/h2-8H,1H3,(H,18,23). The summed E-state index contributed by atoms with van der Waals surface area (Å²) in [6, 6.07) is 9.45. The normalized spacial score (nSPS) is 10.6. The predicted octanol–water partition coefficient (Wildman–Crippen LogP) is 2.41. The molecular formula is C15H11F2N5O. The lowest BCUT2D eigenvalue weighted by Gasteiger charge is -2.07. The Bertz CT molecular complexity index is 861. The number of hydrogen-bond donors (Lipinski definition) is 1. The van der Waals surface area contributed by atoms with Gasteiger partial charge in [0.2, 0.25) is 0 Å². The maximum Gasteiger partial charge on any atom is 0.255 e. The number of aryl methyl sites for hydroxylation is 1. The van der Waals surface area contributed by atoms with Gasteiger partial charge in [-0.25, -0.2) is 13.5 Å². The Hall–Kier alpha value is -3.16. The first-order chi connectivity index (χ1) is 11.0. The summed E-state index contributed by atoms with van der Waals surface area (Å²) in [4.78, 5) is 12.1. The number of aromatic nitrogens is 4. The molecule has 0 radical (unpaired) electrons. The molecule has 8 heteroatoms. The second-order valence-corrected chi connectivity index (χ2v) is 4.78. The summed E-state index contributed by atoms with van der Waals surface area (Å²) in [5, 5.41) is 13.5. The van der Waals surface area contributed by atoms with E-state index in [0.29, 0.717) is 17.5 Å². The molecule has 0 spiro atoms. The summed E-state index contributed by atoms with van der Waals surface area (Å²) >= 11 is 0. The van der Waals surface area contributed by atoms with Gasteiger partial charge in [0.05, 0.1) is 5.69 Å². The molecule has 2 aromatic carbocycles. The summed E-state index contributed by atoms with van der Waals surface area (Å²) in [5.74, 6) is -1.48. The van der Waals surface area contributed by atoms with Crippen LogP contribution in [0.5, 0.6) is 0 Å². The van der Waals surface area contributed by atoms with Crippen LogP contribution >= 0.6 is 0 Å². The molecule has 1 N–H and O–H groups in total. The van der Waals surface area contributed by atoms with E-state index in [1.807, 2.05) is 0 Å². The van der Waals surface area contributed by atoms with E-state index in [1.165, 1.54) is 10.7 Å². The molecule has 0 saturated heterocycles. The highest BCUT2D eigenvalue weighted by Gasteiger charge is 2.11. The van der Waals surface area contributed by atoms with Gasteiger partial charge >= 0.3 is 0 Å². The minimum Gasteiger partial charge on any atom is -0.319 e. The zero-order valence-corrected chi connectivity index (χ0v) is 12.0. The molecule has 3 aromatic rings. The number of hydrogen-bond acceptors (Lipinski definition) is 4. The first kappa shape index (κ1) is 14.8. The van der Waals surface area contributed by atoms with E-state index in [9.17, 15) is 13.6 Å². The van der Waals surface area contributed by atoms with Crippen LogP contribution in [0.3, 0.4) is 0 Å². The second kappa shape index (κ2) is 5.91. The zero-order valence-electron chi connectivity index (χ0n) is 12.0. The van der Waals surface area contributed by atoms with Gasteiger partial charge in [0.15, 0.2) is 5.82 Å². The number of nitrogens with one attached hydrogen (secondary N) is 1. The number of rotatable bonds is 3. The molecule has 0 aliphatic heterocycles. The van der Waals surface area contributed by atoms with Crippen LogP contribution in [-0.2, 0) is 7.05 Å². The predicted molar refractivity (Wildman–Crippen MR) is 78.5 cm³/mol. The van der Waals surface area contributed by atoms with Gasteiger partial charge in [-0.2, -0.15) is 0 Å². The summed E-state index contributed by atoms with van der Waals surface area (Å²) in [5.41, 5.74) is 0.979. The van der Waals surface area contributed by atoms with Gasteiger partial charge in [-0.05, 0) is 34.7 Å². The minimum atomic E-state index is -0.833. The molecule has 1 amide bonds. The topological polar surface area (TPSA) is 72.7 Å². The summed E-state index contributed by atoms with van der Waals surface area (Å²) in [6.07, 6.45) is 0. The number of tetrazole rings is 1. The number of carbonyl (C=O) groups excluding carboxylic acids is 1. The Kier molecular flexibility index (Phi) is 3.80. The number of halogens is 2. The van der Waals surface area contributed by atoms with E-state index >= 15 is 0 Å². The van der Waals surface area contributed by atoms with Gasteiger partial charge < -0.3 is 5.32 Å². The summed E-state index contributed by atoms with van der Waals surface area (Å²) in [6.45, 7) is 0. The van der Waals surface area contributed by atoms with Crippen LogP contribution in [0, 0.1) is 11.6 Å². The molecule has 0 atom stereocenters. The Morgan fingerprint density at radius 1 is 1.13 bits per heavy atom. The number of carbonyl (C=O) groups is 1. The number of benzene rings is 2. The first-order valence-electron chi connectivity index (χ1n) is 6.64. The van der Waals surface area contributed by atoms with Crippen LogP contribution in [0.4, 0.5) is 14.5 Å². The Labute approximate surface area is 129 Å². The van der Waals surface area contributed by atoms with Crippen molar-refractivity contribution in [2.45, 2.75) is 0 Å². The van der Waals surface area contributed by atoms with E-state index < -0.39 is 17.5 Å². The molecule has 0 aliphatic carbocycles. The molecule has 3 rings (SSSR count). The highest BCUT2D eigenvalue weighted by atomic mass is 19.1. The van der Waals surface area contributed by atoms with E-state index in [0.717, 1.165) is 11.6 Å². The van der Waals surface area contributed by atoms with Crippen molar-refractivity contribution in [2.24, 2.45) is 7.05 Å². The number of anilines is 1. The van der Waals surface area contributed by atoms with E-state index in [1.54, 1.807) is 31.3 Å². The molecular weight excluding hydrogens is 304 g/mol. The molecule has 116 valence electrons. The van der Waals surface area contributed by atoms with Crippen molar-refractivity contribution in [1.29, 1.82) is 0 Å². The third kappa shape index (κ3) is 3.05. The smallest absolute Gasteiger partial charge is 0.255 e. The summed E-state index contributed by atoms with van der Waals surface area (Å²) in [7, 11) is 1.70. The van der Waals surface area contributed by atoms with Crippen molar-refractivity contribution in [1.82, 2.24) is 20.2 Å². The molecule has 23 heavy (non-hydrogen) atoms. The lowest BCUT2D eigenvalue weighted by Crippen LogP contribution is -2.13. The molecule has 6 nitrogen and oxygen atoms in total. The fraction of sp³-hybridized carbons (Fsp3) is 0.0667. The maximum absolute atomic E-state index is 13.5. The second-order valence-electron chi connectivity index (χ2n) is 4.78. The summed E-state index contributed by atoms with van der Waals surface area (Å²) < 4.78 is 27.9. The Morgan fingerprint density at radius 2 is 1.87 bits per heavy atom. The van der Waals surface area contributed by atoms with Crippen LogP contribution in [0.15, 0.2) is 42.5 Å². The van der Waals surface area contributed by atoms with Crippen LogP contribution in [0.1, 0.15) is 10.4 Å². The number of nitrogens with zero attached hydrogens (tertiary/aromatic N) is 4. The SMILES string of the molecule is Cn1nnnc1-c1ccc(C(=O)Nc2ccc(F)cc2F)cc1. The van der Waals surface area contributed by atoms with Crippen molar-refractivity contribution in [2.75, 3.05) is 5.32 Å². The zero-order chi connectivity index (χ0) is 16.4. The van der Waals surface area contributed by atoms with Crippen molar-refractivity contribution >= 4 is 11.6 Å². The van der Waals surface area contributed by atoms with Crippen molar-refractivity contribution in [3.05, 3.63) is 59.7 Å². The molecule has 0 fully saturated rings. The van der Waals surface area contributed by atoms with Gasteiger partial charge in [-0.1, -0.05) is 12.1 Å². The lowest BCUT2D eigenvalue weighted by molar-refractivity contribution is 0.102. The van der Waals surface area contributed by atoms with E-state index in [2.05, 4.69) is 20.8 Å². The average molecular weight is 315 g/mol. The van der Waals surface area contributed by atoms with Crippen LogP contribution < -0.4 is 5.32 Å². The van der Waals surface area contributed by atoms with Crippen molar-refractivity contribution < 1.29 is 13.6 Å². The van der Waals surface area contributed by atoms with E-state index in [-0.39, 0.29) is 5.69 Å². The minimum absolute atomic E-state index is 0.0852. The molecule has 1 heterocycles. The molecule has 0 unspecified atom stereocenters. The third-order valence-corrected chi connectivity index (χ3v) is 3.20. The Balaban J connectivity index is 1.79. The highest BCUT2D eigenvalue weighted by Crippen LogP contribution is 2.18. The first-order valence-corrected chi connectivity index (χ1v) is 6.64. The monoisotopic (exact) mass is 315 g/mol. The van der Waals surface area contributed by atoms with Gasteiger partial charge in [0, 0.05) is 24.2 Å². The van der Waals surface area contributed by atoms with Crippen LogP contribution in [0.25, 0.3) is 11.4 Å². The molecule has 1 aromatic heterocycles. The fourth-order valence-electron chi connectivity index (χ4n) is 2.03. The molecule has 0 bridgehead atoms. The lowest BCUT2D eigenvalue weighted by atomic mass is 10.1.